The molecule has 178 valence electrons. The van der Waals surface area contributed by atoms with Crippen molar-refractivity contribution in [3.8, 4) is 11.3 Å². The Balaban J connectivity index is 1.45. The van der Waals surface area contributed by atoms with E-state index in [1.807, 2.05) is 6.26 Å². The predicted octanol–water partition coefficient (Wildman–Crippen LogP) is 3.59. The molecule has 0 aliphatic carbocycles. The van der Waals surface area contributed by atoms with Gasteiger partial charge in [0.1, 0.15) is 17.3 Å². The number of nitrogens with zero attached hydrogens (tertiary/aromatic N) is 6. The van der Waals surface area contributed by atoms with E-state index < -0.39 is 0 Å². The van der Waals surface area contributed by atoms with Gasteiger partial charge in [0.15, 0.2) is 10.8 Å². The van der Waals surface area contributed by atoms with E-state index in [2.05, 4.69) is 44.6 Å². The Kier molecular flexibility index (Phi) is 7.11. The fraction of sp³-hybridized carbons (Fsp3) is 0.348. The van der Waals surface area contributed by atoms with Gasteiger partial charge in [-0.1, -0.05) is 25.6 Å². The van der Waals surface area contributed by atoms with Crippen LogP contribution in [0.15, 0.2) is 41.7 Å². The van der Waals surface area contributed by atoms with Crippen molar-refractivity contribution >= 4 is 34.5 Å². The van der Waals surface area contributed by atoms with E-state index in [9.17, 15) is 9.18 Å². The average molecular weight is 483 g/mol. The molecule has 0 bridgehead atoms. The summed E-state index contributed by atoms with van der Waals surface area (Å²) in [5.74, 6) is 0.671. The van der Waals surface area contributed by atoms with Crippen LogP contribution < -0.4 is 10.6 Å². The Morgan fingerprint density at radius 3 is 2.68 bits per heavy atom. The van der Waals surface area contributed by atoms with Crippen molar-refractivity contribution < 1.29 is 9.18 Å². The van der Waals surface area contributed by atoms with Gasteiger partial charge in [0, 0.05) is 25.7 Å². The van der Waals surface area contributed by atoms with E-state index in [1.54, 1.807) is 36.1 Å². The highest BCUT2D eigenvalue weighted by molar-refractivity contribution is 7.98. The minimum Gasteiger partial charge on any atom is -0.369 e. The molecule has 34 heavy (non-hydrogen) atoms. The number of aryl methyl sites for hydroxylation is 1. The van der Waals surface area contributed by atoms with Gasteiger partial charge in [-0.25, -0.2) is 19.0 Å². The summed E-state index contributed by atoms with van der Waals surface area (Å²) in [7, 11) is 1.70. The summed E-state index contributed by atoms with van der Waals surface area (Å²) in [5.41, 5.74) is 2.48. The molecule has 0 unspecified atom stereocenters. The van der Waals surface area contributed by atoms with Crippen LogP contribution in [0.1, 0.15) is 24.3 Å². The lowest BCUT2D eigenvalue weighted by atomic mass is 10.1. The van der Waals surface area contributed by atoms with Crippen LogP contribution in [0.25, 0.3) is 22.3 Å². The van der Waals surface area contributed by atoms with E-state index in [0.29, 0.717) is 35.6 Å². The molecule has 0 saturated carbocycles. The highest BCUT2D eigenvalue weighted by Gasteiger charge is 2.16. The summed E-state index contributed by atoms with van der Waals surface area (Å²) in [5, 5.41) is 16.6. The van der Waals surface area contributed by atoms with Gasteiger partial charge in [0.05, 0.1) is 23.8 Å². The predicted molar refractivity (Wildman–Crippen MR) is 131 cm³/mol. The summed E-state index contributed by atoms with van der Waals surface area (Å²) < 4.78 is 16.5. The van der Waals surface area contributed by atoms with Gasteiger partial charge < -0.3 is 10.6 Å². The minimum absolute atomic E-state index is 0.251. The van der Waals surface area contributed by atoms with Crippen LogP contribution >= 0.6 is 11.8 Å². The molecule has 0 radical (unpaired) electrons. The number of hydrogen-bond donors (Lipinski definition) is 2. The number of anilines is 1. The number of nitrogens with one attached hydrogen (secondary N) is 2. The molecule has 3 aromatic heterocycles. The summed E-state index contributed by atoms with van der Waals surface area (Å²) in [6, 6.07) is 7.70. The quantitative estimate of drug-likeness (QED) is 0.278. The number of hydrogen-bond acceptors (Lipinski definition) is 7. The Morgan fingerprint density at radius 2 is 1.97 bits per heavy atom. The molecule has 3 heterocycles. The number of carbonyl (C=O) groups is 1. The lowest BCUT2D eigenvalue weighted by molar-refractivity contribution is 0.0942. The number of amides is 1. The van der Waals surface area contributed by atoms with E-state index in [1.165, 1.54) is 28.6 Å². The molecular formula is C23H27FN8OS. The van der Waals surface area contributed by atoms with Crippen molar-refractivity contribution in [3.05, 3.63) is 48.0 Å². The lowest BCUT2D eigenvalue weighted by Crippen LogP contribution is -2.29. The van der Waals surface area contributed by atoms with E-state index in [-0.39, 0.29) is 11.7 Å². The summed E-state index contributed by atoms with van der Waals surface area (Å²) in [6.07, 6.45) is 3.68. The zero-order valence-electron chi connectivity index (χ0n) is 19.5. The highest BCUT2D eigenvalue weighted by Crippen LogP contribution is 2.24. The molecule has 0 fully saturated rings. The first-order chi connectivity index (χ1) is 16.4. The van der Waals surface area contributed by atoms with Crippen molar-refractivity contribution in [2.75, 3.05) is 24.7 Å². The fourth-order valence-electron chi connectivity index (χ4n) is 3.43. The maximum absolute atomic E-state index is 13.2. The first kappa shape index (κ1) is 23.7. The van der Waals surface area contributed by atoms with Crippen LogP contribution in [0.4, 0.5) is 10.2 Å². The molecule has 0 spiro atoms. The minimum atomic E-state index is -0.318. The number of aromatic nitrogens is 6. The third kappa shape index (κ3) is 5.19. The van der Waals surface area contributed by atoms with Gasteiger partial charge in [-0.3, -0.25) is 9.48 Å². The SMILES string of the molecule is CSc1nc(NCC(C)C)c2cnn(CCNC(=O)c3cc(-c4ccc(F)cc4)nn3C)c2n1. The van der Waals surface area contributed by atoms with Crippen molar-refractivity contribution in [2.24, 2.45) is 13.0 Å². The number of rotatable bonds is 9. The normalized spacial score (nSPS) is 11.4. The number of fused-ring (bicyclic) bond motifs is 1. The van der Waals surface area contributed by atoms with Crippen molar-refractivity contribution in [3.63, 3.8) is 0 Å². The first-order valence-corrected chi connectivity index (χ1v) is 12.2. The van der Waals surface area contributed by atoms with E-state index in [0.717, 1.165) is 29.0 Å². The van der Waals surface area contributed by atoms with Crippen LogP contribution in [0.2, 0.25) is 0 Å². The van der Waals surface area contributed by atoms with Crippen molar-refractivity contribution in [1.29, 1.82) is 0 Å². The average Bonchev–Trinajstić information content (AvgIpc) is 3.41. The third-order valence-electron chi connectivity index (χ3n) is 5.20. The van der Waals surface area contributed by atoms with E-state index >= 15 is 0 Å². The molecule has 0 aliphatic rings. The maximum atomic E-state index is 13.2. The molecule has 9 nitrogen and oxygen atoms in total. The van der Waals surface area contributed by atoms with Gasteiger partial charge in [-0.2, -0.15) is 10.2 Å². The Hall–Kier alpha value is -3.47. The molecule has 2 N–H and O–H groups in total. The lowest BCUT2D eigenvalue weighted by Gasteiger charge is -2.11. The van der Waals surface area contributed by atoms with Crippen LogP contribution in [0.3, 0.4) is 0 Å². The van der Waals surface area contributed by atoms with Crippen LogP contribution in [-0.4, -0.2) is 54.8 Å². The Bertz CT molecular complexity index is 1300. The zero-order chi connectivity index (χ0) is 24.2. The van der Waals surface area contributed by atoms with Gasteiger partial charge in [0.25, 0.3) is 5.91 Å². The molecule has 0 atom stereocenters. The molecular weight excluding hydrogens is 455 g/mol. The number of carbonyl (C=O) groups excluding carboxylic acids is 1. The van der Waals surface area contributed by atoms with Crippen LogP contribution in [0, 0.1) is 11.7 Å². The van der Waals surface area contributed by atoms with Gasteiger partial charge in [-0.15, -0.1) is 0 Å². The smallest absolute Gasteiger partial charge is 0.269 e. The second kappa shape index (κ2) is 10.2. The van der Waals surface area contributed by atoms with Crippen molar-refractivity contribution in [1.82, 2.24) is 34.8 Å². The molecule has 0 saturated heterocycles. The largest absolute Gasteiger partial charge is 0.369 e. The first-order valence-electron chi connectivity index (χ1n) is 10.9. The second-order valence-electron chi connectivity index (χ2n) is 8.24. The van der Waals surface area contributed by atoms with E-state index in [4.69, 9.17) is 0 Å². The molecule has 4 aromatic rings. The second-order valence-corrected chi connectivity index (χ2v) is 9.01. The van der Waals surface area contributed by atoms with Gasteiger partial charge in [0.2, 0.25) is 0 Å². The van der Waals surface area contributed by atoms with Crippen molar-refractivity contribution in [2.45, 2.75) is 25.5 Å². The highest BCUT2D eigenvalue weighted by atomic mass is 32.2. The Morgan fingerprint density at radius 1 is 1.21 bits per heavy atom. The summed E-state index contributed by atoms with van der Waals surface area (Å²) >= 11 is 1.47. The summed E-state index contributed by atoms with van der Waals surface area (Å²) in [4.78, 5) is 22.0. The zero-order valence-corrected chi connectivity index (χ0v) is 20.4. The van der Waals surface area contributed by atoms with Gasteiger partial charge in [-0.05, 0) is 42.5 Å². The molecule has 1 aromatic carbocycles. The van der Waals surface area contributed by atoms with Crippen LogP contribution in [-0.2, 0) is 13.6 Å². The number of halogens is 1. The molecule has 1 amide bonds. The topological polar surface area (TPSA) is 103 Å². The Labute approximate surface area is 201 Å². The monoisotopic (exact) mass is 482 g/mol. The number of thioether (sulfide) groups is 1. The maximum Gasteiger partial charge on any atom is 0.269 e. The van der Waals surface area contributed by atoms with Gasteiger partial charge >= 0.3 is 0 Å². The fourth-order valence-corrected chi connectivity index (χ4v) is 3.79. The molecule has 11 heteroatoms. The molecule has 4 rings (SSSR count). The summed E-state index contributed by atoms with van der Waals surface area (Å²) in [6.45, 7) is 5.88. The van der Waals surface area contributed by atoms with Crippen LogP contribution in [0.5, 0.6) is 0 Å². The number of benzene rings is 1. The standard InChI is InChI=1S/C23H27FN8OS/c1-14(2)12-26-20-17-13-27-32(21(17)29-23(28-20)34-4)10-9-25-22(33)19-11-18(30-31(19)3)15-5-7-16(24)8-6-15/h5-8,11,13-14H,9-10,12H2,1-4H3,(H,25,33)(H,26,28,29). The molecule has 0 aliphatic heterocycles. The third-order valence-corrected chi connectivity index (χ3v) is 5.75.